The number of anilines is 2. The van der Waals surface area contributed by atoms with E-state index in [0.29, 0.717) is 5.69 Å². The van der Waals surface area contributed by atoms with Crippen molar-refractivity contribution in [1.29, 1.82) is 0 Å². The molecule has 1 N–H and O–H groups in total. The number of carbonyl (C=O) groups is 1. The maximum absolute atomic E-state index is 14.1. The maximum atomic E-state index is 14.1. The molecule has 0 spiro atoms. The number of carbonyl (C=O) groups excluding carboxylic acids is 1. The fourth-order valence-electron chi connectivity index (χ4n) is 3.29. The Balaban J connectivity index is 1.54. The normalized spacial score (nSPS) is 11.0. The van der Waals surface area contributed by atoms with Gasteiger partial charge >= 0.3 is 0 Å². The van der Waals surface area contributed by atoms with Crippen LogP contribution in [-0.4, -0.2) is 29.4 Å². The van der Waals surface area contributed by atoms with Crippen molar-refractivity contribution in [2.45, 2.75) is 6.92 Å². The van der Waals surface area contributed by atoms with Gasteiger partial charge in [-0.3, -0.25) is 4.79 Å². The molecule has 0 saturated carbocycles. The van der Waals surface area contributed by atoms with Gasteiger partial charge in [0.25, 0.3) is 5.91 Å². The van der Waals surface area contributed by atoms with Crippen LogP contribution in [0, 0.1) is 18.6 Å². The van der Waals surface area contributed by atoms with Crippen molar-refractivity contribution in [2.24, 2.45) is 0 Å². The van der Waals surface area contributed by atoms with Gasteiger partial charge < -0.3 is 14.6 Å². The lowest BCUT2D eigenvalue weighted by Crippen LogP contribution is -2.16. The Morgan fingerprint density at radius 1 is 1.00 bits per heavy atom. The molecule has 4 aromatic rings. The van der Waals surface area contributed by atoms with Crippen LogP contribution in [0.3, 0.4) is 0 Å². The minimum atomic E-state index is -0.789. The van der Waals surface area contributed by atoms with Gasteiger partial charge in [-0.05, 0) is 42.8 Å². The Kier molecular flexibility index (Phi) is 4.95. The monoisotopic (exact) mass is 406 g/mol. The molecule has 0 fully saturated rings. The first-order valence-corrected chi connectivity index (χ1v) is 9.35. The molecule has 30 heavy (non-hydrogen) atoms. The van der Waals surface area contributed by atoms with E-state index in [1.54, 1.807) is 12.1 Å². The molecular formula is C23H20F2N4O. The van der Waals surface area contributed by atoms with Crippen molar-refractivity contribution in [1.82, 2.24) is 9.38 Å². The zero-order chi connectivity index (χ0) is 21.4. The third kappa shape index (κ3) is 3.74. The van der Waals surface area contributed by atoms with Crippen molar-refractivity contribution < 1.29 is 13.6 Å². The molecule has 2 aromatic carbocycles. The molecule has 7 heteroatoms. The number of aryl methyl sites for hydroxylation is 1. The highest BCUT2D eigenvalue weighted by Gasteiger charge is 2.17. The summed E-state index contributed by atoms with van der Waals surface area (Å²) < 4.78 is 30.2. The zero-order valence-corrected chi connectivity index (χ0v) is 16.8. The van der Waals surface area contributed by atoms with E-state index in [9.17, 15) is 13.6 Å². The lowest BCUT2D eigenvalue weighted by molar-refractivity contribution is 0.102. The van der Waals surface area contributed by atoms with Crippen LogP contribution in [0.2, 0.25) is 0 Å². The van der Waals surface area contributed by atoms with Gasteiger partial charge in [-0.1, -0.05) is 18.2 Å². The lowest BCUT2D eigenvalue weighted by atomic mass is 10.1. The molecule has 1 amide bonds. The van der Waals surface area contributed by atoms with E-state index in [-0.39, 0.29) is 11.3 Å². The van der Waals surface area contributed by atoms with E-state index in [1.165, 1.54) is 19.0 Å². The van der Waals surface area contributed by atoms with Crippen LogP contribution in [0.25, 0.3) is 16.9 Å². The summed E-state index contributed by atoms with van der Waals surface area (Å²) in [5.74, 6) is -2.17. The Morgan fingerprint density at radius 3 is 2.30 bits per heavy atom. The molecule has 2 heterocycles. The molecule has 0 aliphatic rings. The van der Waals surface area contributed by atoms with Crippen LogP contribution in [-0.2, 0) is 0 Å². The van der Waals surface area contributed by atoms with E-state index < -0.39 is 17.5 Å². The van der Waals surface area contributed by atoms with Gasteiger partial charge in [0.2, 0.25) is 0 Å². The number of rotatable bonds is 4. The number of aromatic nitrogens is 2. The van der Waals surface area contributed by atoms with Crippen molar-refractivity contribution >= 4 is 22.9 Å². The molecule has 0 bridgehead atoms. The smallest absolute Gasteiger partial charge is 0.255 e. The first-order valence-electron chi connectivity index (χ1n) is 9.35. The van der Waals surface area contributed by atoms with E-state index in [1.807, 2.05) is 48.0 Å². The van der Waals surface area contributed by atoms with Gasteiger partial charge in [-0.2, -0.15) is 0 Å². The fourth-order valence-corrected chi connectivity index (χ4v) is 3.29. The van der Waals surface area contributed by atoms with Gasteiger partial charge in [0.1, 0.15) is 23.0 Å². The quantitative estimate of drug-likeness (QED) is 0.524. The molecule has 0 saturated heterocycles. The van der Waals surface area contributed by atoms with Gasteiger partial charge in [-0.25, -0.2) is 13.8 Å². The van der Waals surface area contributed by atoms with Crippen molar-refractivity contribution in [3.05, 3.63) is 83.7 Å². The number of imidazole rings is 1. The molecule has 2 aromatic heterocycles. The Labute approximate surface area is 172 Å². The lowest BCUT2D eigenvalue weighted by Gasteiger charge is -2.15. The molecule has 152 valence electrons. The number of pyridine rings is 1. The third-order valence-corrected chi connectivity index (χ3v) is 4.76. The molecular weight excluding hydrogens is 386 g/mol. The molecule has 0 unspecified atom stereocenters. The summed E-state index contributed by atoms with van der Waals surface area (Å²) in [6.45, 7) is 2.02. The van der Waals surface area contributed by atoms with E-state index in [4.69, 9.17) is 0 Å². The van der Waals surface area contributed by atoms with Gasteiger partial charge in [0, 0.05) is 43.3 Å². The molecule has 0 radical (unpaired) electrons. The SMILES string of the molecule is Cc1ccc2nc(-c3ccc(NC(=O)c4cc(F)c(N(C)C)c(F)c4)cc3)cn2c1. The van der Waals surface area contributed by atoms with Gasteiger partial charge in [0.05, 0.1) is 5.69 Å². The number of nitrogens with zero attached hydrogens (tertiary/aromatic N) is 3. The summed E-state index contributed by atoms with van der Waals surface area (Å²) in [5.41, 5.74) is 3.92. The van der Waals surface area contributed by atoms with Gasteiger partial charge in [0.15, 0.2) is 0 Å². The number of fused-ring (bicyclic) bond motifs is 1. The maximum Gasteiger partial charge on any atom is 0.255 e. The summed E-state index contributed by atoms with van der Waals surface area (Å²) in [7, 11) is 3.07. The second-order valence-corrected chi connectivity index (χ2v) is 7.31. The highest BCUT2D eigenvalue weighted by molar-refractivity contribution is 6.04. The van der Waals surface area contributed by atoms with Crippen molar-refractivity contribution in [2.75, 3.05) is 24.3 Å². The standard InChI is InChI=1S/C23H20F2N4O/c1-14-4-9-21-27-20(13-29(21)12-14)15-5-7-17(8-6-15)26-23(30)16-10-18(24)22(28(2)3)19(25)11-16/h4-13H,1-3H3,(H,26,30). The summed E-state index contributed by atoms with van der Waals surface area (Å²) in [5, 5.41) is 2.66. The van der Waals surface area contributed by atoms with E-state index in [2.05, 4.69) is 10.3 Å². The zero-order valence-electron chi connectivity index (χ0n) is 16.8. The Hall–Kier alpha value is -3.74. The Bertz CT molecular complexity index is 1220. The average Bonchev–Trinajstić information content (AvgIpc) is 3.10. The average molecular weight is 406 g/mol. The van der Waals surface area contributed by atoms with Crippen LogP contribution < -0.4 is 10.2 Å². The number of amides is 1. The minimum absolute atomic E-state index is 0.0876. The molecule has 4 rings (SSSR count). The summed E-state index contributed by atoms with van der Waals surface area (Å²) >= 11 is 0. The number of nitrogens with one attached hydrogen (secondary N) is 1. The summed E-state index contributed by atoms with van der Waals surface area (Å²) in [6, 6.07) is 13.1. The minimum Gasteiger partial charge on any atom is -0.373 e. The van der Waals surface area contributed by atoms with Crippen LogP contribution >= 0.6 is 0 Å². The van der Waals surface area contributed by atoms with Crippen LogP contribution in [0.5, 0.6) is 0 Å². The van der Waals surface area contributed by atoms with Crippen molar-refractivity contribution in [3.8, 4) is 11.3 Å². The molecule has 0 aliphatic carbocycles. The highest BCUT2D eigenvalue weighted by atomic mass is 19.1. The number of benzene rings is 2. The van der Waals surface area contributed by atoms with E-state index >= 15 is 0 Å². The third-order valence-electron chi connectivity index (χ3n) is 4.76. The van der Waals surface area contributed by atoms with Crippen LogP contribution in [0.1, 0.15) is 15.9 Å². The largest absolute Gasteiger partial charge is 0.373 e. The predicted molar refractivity (Wildman–Crippen MR) is 114 cm³/mol. The second-order valence-electron chi connectivity index (χ2n) is 7.31. The van der Waals surface area contributed by atoms with Crippen LogP contribution in [0.4, 0.5) is 20.2 Å². The van der Waals surface area contributed by atoms with E-state index in [0.717, 1.165) is 34.6 Å². The number of hydrogen-bond acceptors (Lipinski definition) is 3. The second kappa shape index (κ2) is 7.59. The Morgan fingerprint density at radius 2 is 1.67 bits per heavy atom. The summed E-state index contributed by atoms with van der Waals surface area (Å²) in [4.78, 5) is 18.3. The molecule has 0 aliphatic heterocycles. The van der Waals surface area contributed by atoms with Crippen LogP contribution in [0.15, 0.2) is 60.9 Å². The first kappa shape index (κ1) is 19.6. The highest BCUT2D eigenvalue weighted by Crippen LogP contribution is 2.25. The molecule has 5 nitrogen and oxygen atoms in total. The number of halogens is 2. The summed E-state index contributed by atoms with van der Waals surface area (Å²) in [6.07, 6.45) is 3.94. The van der Waals surface area contributed by atoms with Crippen molar-refractivity contribution in [3.63, 3.8) is 0 Å². The predicted octanol–water partition coefficient (Wildman–Crippen LogP) is 4.91. The fraction of sp³-hybridized carbons (Fsp3) is 0.130. The topological polar surface area (TPSA) is 49.6 Å². The van der Waals surface area contributed by atoms with Gasteiger partial charge in [-0.15, -0.1) is 0 Å². The number of hydrogen-bond donors (Lipinski definition) is 1. The molecule has 0 atom stereocenters. The first-order chi connectivity index (χ1) is 14.3.